The molecule has 0 saturated heterocycles. The number of halogens is 1. The Kier molecular flexibility index (Phi) is 5.69. The fraction of sp³-hybridized carbons (Fsp3) is 0.118. The lowest BCUT2D eigenvalue weighted by molar-refractivity contribution is -0.118. The molecule has 1 heterocycles. The molecule has 0 radical (unpaired) electrons. The molecule has 2 aromatic carbocycles. The van der Waals surface area contributed by atoms with E-state index in [1.807, 2.05) is 0 Å². The number of amides is 2. The van der Waals surface area contributed by atoms with E-state index in [-0.39, 0.29) is 24.1 Å². The number of nitrogens with zero attached hydrogens (tertiary/aromatic N) is 1. The van der Waals surface area contributed by atoms with Crippen LogP contribution in [0.1, 0.15) is 0 Å². The Hall–Kier alpha value is -2.65. The van der Waals surface area contributed by atoms with Crippen LogP contribution in [-0.4, -0.2) is 29.2 Å². The summed E-state index contributed by atoms with van der Waals surface area (Å²) in [6.45, 7) is -0.188. The van der Waals surface area contributed by atoms with Gasteiger partial charge in [-0.3, -0.25) is 9.59 Å². The molecular formula is C17H14FN3O3S2. The first kappa shape index (κ1) is 18.2. The average molecular weight is 391 g/mol. The van der Waals surface area contributed by atoms with Crippen molar-refractivity contribution in [2.24, 2.45) is 5.73 Å². The molecular weight excluding hydrogens is 377 g/mol. The number of benzene rings is 2. The van der Waals surface area contributed by atoms with Gasteiger partial charge in [0.15, 0.2) is 10.9 Å². The summed E-state index contributed by atoms with van der Waals surface area (Å²) < 4.78 is 19.8. The number of anilines is 1. The molecule has 26 heavy (non-hydrogen) atoms. The molecule has 1 aromatic heterocycles. The number of nitrogens with two attached hydrogens (primary N) is 1. The zero-order valence-corrected chi connectivity index (χ0v) is 15.0. The van der Waals surface area contributed by atoms with Gasteiger partial charge in [-0.25, -0.2) is 9.37 Å². The number of hydrogen-bond donors (Lipinski definition) is 2. The zero-order valence-electron chi connectivity index (χ0n) is 13.4. The quantitative estimate of drug-likeness (QED) is 0.604. The first-order valence-electron chi connectivity index (χ1n) is 7.49. The molecule has 0 atom stereocenters. The van der Waals surface area contributed by atoms with Gasteiger partial charge in [-0.05, 0) is 42.5 Å². The van der Waals surface area contributed by atoms with Gasteiger partial charge in [0.25, 0.3) is 5.91 Å². The molecule has 3 N–H and O–H groups in total. The minimum Gasteiger partial charge on any atom is -0.484 e. The van der Waals surface area contributed by atoms with E-state index in [1.54, 1.807) is 18.2 Å². The van der Waals surface area contributed by atoms with Crippen LogP contribution in [0.4, 0.5) is 10.1 Å². The highest BCUT2D eigenvalue weighted by Crippen LogP contribution is 2.31. The largest absolute Gasteiger partial charge is 0.484 e. The van der Waals surface area contributed by atoms with Gasteiger partial charge in [0.1, 0.15) is 11.6 Å². The van der Waals surface area contributed by atoms with E-state index in [0.717, 1.165) is 14.6 Å². The maximum Gasteiger partial charge on any atom is 0.262 e. The number of thioether (sulfide) groups is 1. The molecule has 3 rings (SSSR count). The third-order valence-electron chi connectivity index (χ3n) is 3.17. The Morgan fingerprint density at radius 1 is 1.23 bits per heavy atom. The number of thiazole rings is 1. The summed E-state index contributed by atoms with van der Waals surface area (Å²) in [6, 6.07) is 10.8. The second-order valence-corrected chi connectivity index (χ2v) is 7.46. The van der Waals surface area contributed by atoms with Crippen molar-refractivity contribution < 1.29 is 18.7 Å². The van der Waals surface area contributed by atoms with Crippen molar-refractivity contribution in [3.8, 4) is 5.75 Å². The second-order valence-electron chi connectivity index (χ2n) is 5.21. The van der Waals surface area contributed by atoms with Crippen LogP contribution in [0.2, 0.25) is 0 Å². The van der Waals surface area contributed by atoms with Gasteiger partial charge in [0.05, 0.1) is 16.0 Å². The van der Waals surface area contributed by atoms with E-state index in [4.69, 9.17) is 10.5 Å². The molecule has 6 nitrogen and oxygen atoms in total. The molecule has 0 bridgehead atoms. The summed E-state index contributed by atoms with van der Waals surface area (Å²) in [5, 5.41) is 2.74. The maximum absolute atomic E-state index is 12.8. The van der Waals surface area contributed by atoms with Crippen molar-refractivity contribution in [1.82, 2.24) is 4.98 Å². The SMILES string of the molecule is NC(=O)CSc1nc2ccc(NC(=O)COc3ccc(F)cc3)cc2s1. The fourth-order valence-electron chi connectivity index (χ4n) is 2.05. The number of nitrogens with one attached hydrogen (secondary N) is 1. The highest BCUT2D eigenvalue weighted by molar-refractivity contribution is 8.01. The van der Waals surface area contributed by atoms with Crippen molar-refractivity contribution in [3.05, 3.63) is 48.3 Å². The van der Waals surface area contributed by atoms with Crippen LogP contribution in [0.3, 0.4) is 0 Å². The normalized spacial score (nSPS) is 10.7. The lowest BCUT2D eigenvalue weighted by Gasteiger charge is -2.07. The Labute approximate surface area is 156 Å². The summed E-state index contributed by atoms with van der Waals surface area (Å²) in [5.74, 6) is -0.516. The molecule has 0 unspecified atom stereocenters. The molecule has 0 saturated carbocycles. The van der Waals surface area contributed by atoms with E-state index in [9.17, 15) is 14.0 Å². The van der Waals surface area contributed by atoms with Gasteiger partial charge in [0, 0.05) is 5.69 Å². The summed E-state index contributed by atoms with van der Waals surface area (Å²) in [6.07, 6.45) is 0. The number of ether oxygens (including phenoxy) is 1. The Morgan fingerprint density at radius 3 is 2.73 bits per heavy atom. The van der Waals surface area contributed by atoms with Crippen LogP contribution in [0.25, 0.3) is 10.2 Å². The number of hydrogen-bond acceptors (Lipinski definition) is 6. The van der Waals surface area contributed by atoms with Crippen LogP contribution in [-0.2, 0) is 9.59 Å². The highest BCUT2D eigenvalue weighted by Gasteiger charge is 2.09. The Balaban J connectivity index is 1.59. The number of aromatic nitrogens is 1. The van der Waals surface area contributed by atoms with Gasteiger partial charge < -0.3 is 15.8 Å². The van der Waals surface area contributed by atoms with Crippen LogP contribution >= 0.6 is 23.1 Å². The molecule has 9 heteroatoms. The van der Waals surface area contributed by atoms with Crippen molar-refractivity contribution >= 4 is 50.8 Å². The van der Waals surface area contributed by atoms with E-state index >= 15 is 0 Å². The van der Waals surface area contributed by atoms with Crippen molar-refractivity contribution in [2.75, 3.05) is 17.7 Å². The van der Waals surface area contributed by atoms with E-state index in [1.165, 1.54) is 47.4 Å². The van der Waals surface area contributed by atoms with Gasteiger partial charge in [0.2, 0.25) is 5.91 Å². The topological polar surface area (TPSA) is 94.3 Å². The van der Waals surface area contributed by atoms with Gasteiger partial charge in [-0.2, -0.15) is 0 Å². The molecule has 2 amide bonds. The van der Waals surface area contributed by atoms with E-state index in [0.29, 0.717) is 11.4 Å². The first-order valence-corrected chi connectivity index (χ1v) is 9.30. The van der Waals surface area contributed by atoms with Crippen molar-refractivity contribution in [1.29, 1.82) is 0 Å². The van der Waals surface area contributed by atoms with Crippen LogP contribution < -0.4 is 15.8 Å². The minimum atomic E-state index is -0.400. The summed E-state index contributed by atoms with van der Waals surface area (Å²) in [7, 11) is 0. The molecule has 0 aliphatic heterocycles. The maximum atomic E-state index is 12.8. The molecule has 0 spiro atoms. The van der Waals surface area contributed by atoms with Gasteiger partial charge >= 0.3 is 0 Å². The zero-order chi connectivity index (χ0) is 18.5. The van der Waals surface area contributed by atoms with Gasteiger partial charge in [-0.1, -0.05) is 11.8 Å². The number of primary amides is 1. The first-order chi connectivity index (χ1) is 12.5. The predicted octanol–water partition coefficient (Wildman–Crippen LogP) is 3.03. The highest BCUT2D eigenvalue weighted by atomic mass is 32.2. The van der Waals surface area contributed by atoms with Crippen LogP contribution in [0.5, 0.6) is 5.75 Å². The molecule has 3 aromatic rings. The average Bonchev–Trinajstić information content (AvgIpc) is 3.02. The summed E-state index contributed by atoms with van der Waals surface area (Å²) >= 11 is 2.70. The fourth-order valence-corrected chi connectivity index (χ4v) is 3.90. The van der Waals surface area contributed by atoms with Crippen molar-refractivity contribution in [3.63, 3.8) is 0 Å². The second kappa shape index (κ2) is 8.15. The van der Waals surface area contributed by atoms with Crippen LogP contribution in [0.15, 0.2) is 46.8 Å². The van der Waals surface area contributed by atoms with E-state index < -0.39 is 5.91 Å². The standard InChI is InChI=1S/C17H14FN3O3S2/c18-10-1-4-12(5-2-10)24-8-16(23)20-11-3-6-13-14(7-11)26-17(21-13)25-9-15(19)22/h1-7H,8-9H2,(H2,19,22)(H,20,23). The molecule has 0 aliphatic carbocycles. The summed E-state index contributed by atoms with van der Waals surface area (Å²) in [5.41, 5.74) is 6.52. The van der Waals surface area contributed by atoms with Crippen molar-refractivity contribution in [2.45, 2.75) is 4.34 Å². The van der Waals surface area contributed by atoms with E-state index in [2.05, 4.69) is 10.3 Å². The lowest BCUT2D eigenvalue weighted by Crippen LogP contribution is -2.20. The molecule has 0 aliphatic rings. The summed E-state index contributed by atoms with van der Waals surface area (Å²) in [4.78, 5) is 27.2. The predicted molar refractivity (Wildman–Crippen MR) is 100 cm³/mol. The third kappa shape index (κ3) is 4.93. The lowest BCUT2D eigenvalue weighted by atomic mass is 10.3. The Morgan fingerprint density at radius 2 is 2.00 bits per heavy atom. The Bertz CT molecular complexity index is 944. The molecule has 0 fully saturated rings. The number of fused-ring (bicyclic) bond motifs is 1. The number of rotatable bonds is 7. The number of carbonyl (C=O) groups excluding carboxylic acids is 2. The number of carbonyl (C=O) groups is 2. The minimum absolute atomic E-state index is 0.171. The van der Waals surface area contributed by atoms with Crippen LogP contribution in [0, 0.1) is 5.82 Å². The monoisotopic (exact) mass is 391 g/mol. The molecule has 134 valence electrons. The van der Waals surface area contributed by atoms with Gasteiger partial charge in [-0.15, -0.1) is 11.3 Å². The smallest absolute Gasteiger partial charge is 0.262 e. The third-order valence-corrected chi connectivity index (χ3v) is 5.36.